The number of aromatic nitrogens is 1. The molecule has 276 valence electrons. The van der Waals surface area contributed by atoms with E-state index in [1.54, 1.807) is 11.0 Å². The van der Waals surface area contributed by atoms with Crippen molar-refractivity contribution >= 4 is 82.4 Å². The van der Waals surface area contributed by atoms with E-state index in [0.29, 0.717) is 27.9 Å². The third-order valence-electron chi connectivity index (χ3n) is 11.1. The number of rotatable bonds is 6. The van der Waals surface area contributed by atoms with Gasteiger partial charge in [0.1, 0.15) is 11.2 Å². The van der Waals surface area contributed by atoms with E-state index in [0.717, 1.165) is 54.8 Å². The Hall–Kier alpha value is -7.88. The van der Waals surface area contributed by atoms with Gasteiger partial charge in [0.15, 0.2) is 0 Å². The molecule has 0 aliphatic heterocycles. The van der Waals surface area contributed by atoms with E-state index in [1.807, 2.05) is 103 Å². The molecular formula is C56H36N2O. The number of benzene rings is 10. The number of hydrogen-bond donors (Lipinski definition) is 0. The normalized spacial score (nSPS) is 14.3. The average molecular weight is 764 g/mol. The summed E-state index contributed by atoms with van der Waals surface area (Å²) >= 11 is 0. The zero-order valence-corrected chi connectivity index (χ0v) is 31.2. The zero-order valence-electron chi connectivity index (χ0n) is 42.2. The molecule has 0 atom stereocenters. The summed E-state index contributed by atoms with van der Waals surface area (Å²) in [5, 5.41) is 4.78. The Morgan fingerprint density at radius 3 is 2.07 bits per heavy atom. The fraction of sp³-hybridized carbons (Fsp3) is 0. The van der Waals surface area contributed by atoms with E-state index >= 15 is 0 Å². The summed E-state index contributed by atoms with van der Waals surface area (Å²) in [5.74, 6) is 0. The lowest BCUT2D eigenvalue weighted by Crippen LogP contribution is -2.10. The van der Waals surface area contributed by atoms with Crippen molar-refractivity contribution in [3.05, 3.63) is 218 Å². The van der Waals surface area contributed by atoms with Crippen LogP contribution in [0, 0.1) is 0 Å². The lowest BCUT2D eigenvalue weighted by atomic mass is 9.98. The first kappa shape index (κ1) is 24.0. The quantitative estimate of drug-likeness (QED) is 0.168. The van der Waals surface area contributed by atoms with Crippen molar-refractivity contribution < 1.29 is 19.5 Å². The third-order valence-corrected chi connectivity index (χ3v) is 11.1. The van der Waals surface area contributed by atoms with E-state index in [1.165, 1.54) is 0 Å². The van der Waals surface area contributed by atoms with Gasteiger partial charge in [0.2, 0.25) is 0 Å². The van der Waals surface area contributed by atoms with Crippen LogP contribution in [0.15, 0.2) is 223 Å². The molecule has 0 aliphatic rings. The molecule has 3 heteroatoms. The third kappa shape index (κ3) is 5.36. The highest BCUT2D eigenvalue weighted by atomic mass is 16.3. The van der Waals surface area contributed by atoms with Gasteiger partial charge >= 0.3 is 0 Å². The summed E-state index contributed by atoms with van der Waals surface area (Å²) in [7, 11) is 0. The van der Waals surface area contributed by atoms with Gasteiger partial charge in [0.05, 0.1) is 37.2 Å². The highest BCUT2D eigenvalue weighted by Crippen LogP contribution is 2.45. The minimum Gasteiger partial charge on any atom is -0.455 e. The fourth-order valence-electron chi connectivity index (χ4n) is 8.46. The Kier molecular flexibility index (Phi) is 5.44. The van der Waals surface area contributed by atoms with Crippen LogP contribution in [0.25, 0.3) is 93.2 Å². The number of anilines is 3. The van der Waals surface area contributed by atoms with Gasteiger partial charge in [-0.2, -0.15) is 0 Å². The monoisotopic (exact) mass is 763 g/mol. The SMILES string of the molecule is [2H]c1c([2H])c(N(c2ccc(-c3ccc4c(c3)c3ccccc3n4-c3ccccc3)cc2)c2cccc3oc4c5ccccc5ccc4c23)c([2H])c([2H])c1-c1c([2H])c([2H])c([2H])c2c([2H])c([2H])c([2H])c([2H])c12. The molecule has 0 aliphatic carbocycles. The van der Waals surface area contributed by atoms with E-state index in [-0.39, 0.29) is 22.0 Å². The van der Waals surface area contributed by atoms with Crippen molar-refractivity contribution in [3.8, 4) is 27.9 Å². The second kappa shape index (κ2) is 13.4. The van der Waals surface area contributed by atoms with Crippen LogP contribution < -0.4 is 4.90 Å². The predicted molar refractivity (Wildman–Crippen MR) is 249 cm³/mol. The minimum atomic E-state index is -0.678. The average Bonchev–Trinajstić information content (AvgIpc) is 3.94. The van der Waals surface area contributed by atoms with Crippen LogP contribution in [0.5, 0.6) is 0 Å². The van der Waals surface area contributed by atoms with Crippen molar-refractivity contribution in [1.82, 2.24) is 4.57 Å². The lowest BCUT2D eigenvalue weighted by Gasteiger charge is -2.26. The molecule has 0 spiro atoms. The van der Waals surface area contributed by atoms with Crippen LogP contribution in [0.4, 0.5) is 17.1 Å². The Labute approximate surface area is 356 Å². The van der Waals surface area contributed by atoms with Gasteiger partial charge in [-0.25, -0.2) is 0 Å². The van der Waals surface area contributed by atoms with Crippen LogP contribution in [0.2, 0.25) is 0 Å². The molecule has 0 saturated carbocycles. The summed E-state index contributed by atoms with van der Waals surface area (Å²) in [6.45, 7) is 0. The van der Waals surface area contributed by atoms with E-state index in [9.17, 15) is 5.48 Å². The van der Waals surface area contributed by atoms with Crippen LogP contribution in [-0.4, -0.2) is 4.57 Å². The van der Waals surface area contributed by atoms with Crippen LogP contribution in [0.3, 0.4) is 0 Å². The summed E-state index contributed by atoms with van der Waals surface area (Å²) in [6, 6.07) is 43.2. The maximum absolute atomic E-state index is 9.77. The number of hydrogen-bond acceptors (Lipinski definition) is 2. The Morgan fingerprint density at radius 1 is 0.441 bits per heavy atom. The molecule has 0 fully saturated rings. The largest absolute Gasteiger partial charge is 0.455 e. The van der Waals surface area contributed by atoms with Crippen LogP contribution in [-0.2, 0) is 0 Å². The number of nitrogens with zero attached hydrogens (tertiary/aromatic N) is 2. The molecule has 0 N–H and O–H groups in total. The second-order valence-electron chi connectivity index (χ2n) is 14.4. The topological polar surface area (TPSA) is 21.3 Å². The molecule has 12 rings (SSSR count). The second-order valence-corrected chi connectivity index (χ2v) is 14.4. The molecule has 0 radical (unpaired) electrons. The van der Waals surface area contributed by atoms with E-state index in [2.05, 4.69) is 47.0 Å². The molecule has 59 heavy (non-hydrogen) atoms. The maximum atomic E-state index is 9.77. The lowest BCUT2D eigenvalue weighted by molar-refractivity contribution is 0.672. The highest BCUT2D eigenvalue weighted by Gasteiger charge is 2.21. The number of fused-ring (bicyclic) bond motifs is 9. The van der Waals surface area contributed by atoms with Gasteiger partial charge in [0, 0.05) is 38.6 Å². The molecule has 2 heterocycles. The van der Waals surface area contributed by atoms with Gasteiger partial charge in [-0.3, -0.25) is 0 Å². The standard InChI is InChI=1S/C56H36N2O/c1-2-15-42(16-3-1)58-51-21-9-8-19-48(51)50-36-41(29-35-52(50)58)37-24-30-43(31-25-37)57(44-32-26-40(27-33-44)46-20-10-14-38-12-4-6-17-45(38)46)53-22-11-23-54-55(53)49-34-28-39-13-5-7-18-47(39)56(49)59-54/h1-36H/i4D,6D,10D,12D,14D,17D,20D,26D,27D,32D,33D. The Bertz CT molecular complexity index is 4170. The summed E-state index contributed by atoms with van der Waals surface area (Å²) in [5.41, 5.74) is 6.23. The Balaban J connectivity index is 1.09. The van der Waals surface area contributed by atoms with Crippen molar-refractivity contribution in [3.63, 3.8) is 0 Å². The Morgan fingerprint density at radius 2 is 1.19 bits per heavy atom. The van der Waals surface area contributed by atoms with Crippen LogP contribution in [0.1, 0.15) is 15.1 Å². The summed E-state index contributed by atoms with van der Waals surface area (Å²) in [4.78, 5) is 1.67. The van der Waals surface area contributed by atoms with Crippen LogP contribution >= 0.6 is 0 Å². The van der Waals surface area contributed by atoms with Gasteiger partial charge in [-0.1, -0.05) is 145 Å². The summed E-state index contributed by atoms with van der Waals surface area (Å²) in [6.07, 6.45) is 0. The number of para-hydroxylation sites is 2. The smallest absolute Gasteiger partial charge is 0.143 e. The minimum absolute atomic E-state index is 0.134. The molecule has 0 amide bonds. The molecular weight excluding hydrogens is 717 g/mol. The van der Waals surface area contributed by atoms with Crippen molar-refractivity contribution in [1.29, 1.82) is 0 Å². The number of furan rings is 1. The van der Waals surface area contributed by atoms with Crippen molar-refractivity contribution in [2.24, 2.45) is 0 Å². The molecule has 0 saturated heterocycles. The molecule has 2 aromatic heterocycles. The first-order valence-electron chi connectivity index (χ1n) is 24.8. The molecule has 12 aromatic rings. The first-order valence-corrected chi connectivity index (χ1v) is 19.3. The molecule has 0 unspecified atom stereocenters. The van der Waals surface area contributed by atoms with Gasteiger partial charge in [-0.05, 0) is 111 Å². The molecule has 0 bridgehead atoms. The highest BCUT2D eigenvalue weighted by molar-refractivity contribution is 6.19. The van der Waals surface area contributed by atoms with Crippen molar-refractivity contribution in [2.75, 3.05) is 4.90 Å². The van der Waals surface area contributed by atoms with E-state index < -0.39 is 72.0 Å². The van der Waals surface area contributed by atoms with E-state index in [4.69, 9.17) is 14.0 Å². The predicted octanol–water partition coefficient (Wildman–Crippen LogP) is 15.8. The molecule has 10 aromatic carbocycles. The van der Waals surface area contributed by atoms with Gasteiger partial charge in [0.25, 0.3) is 0 Å². The van der Waals surface area contributed by atoms with Crippen molar-refractivity contribution in [2.45, 2.75) is 0 Å². The van der Waals surface area contributed by atoms with Gasteiger partial charge in [-0.15, -0.1) is 0 Å². The maximum Gasteiger partial charge on any atom is 0.143 e. The zero-order chi connectivity index (χ0) is 48.4. The fourth-order valence-corrected chi connectivity index (χ4v) is 8.46. The van der Waals surface area contributed by atoms with Gasteiger partial charge < -0.3 is 13.9 Å². The molecule has 3 nitrogen and oxygen atoms in total. The first-order chi connectivity index (χ1) is 33.8. The summed E-state index contributed by atoms with van der Waals surface area (Å²) < 4.78 is 108.